The van der Waals surface area contributed by atoms with Crippen LogP contribution in [0.15, 0.2) is 47.2 Å². The second-order valence-electron chi connectivity index (χ2n) is 4.37. The quantitative estimate of drug-likeness (QED) is 0.903. The minimum Gasteiger partial charge on any atom is -0.310 e. The van der Waals surface area contributed by atoms with Crippen LogP contribution in [0.3, 0.4) is 0 Å². The molecule has 4 heteroatoms. The van der Waals surface area contributed by atoms with E-state index in [1.54, 1.807) is 18.5 Å². The molecule has 1 N–H and O–H groups in total. The summed E-state index contributed by atoms with van der Waals surface area (Å²) in [4.78, 5) is 4.03. The predicted octanol–water partition coefficient (Wildman–Crippen LogP) is 3.88. The van der Waals surface area contributed by atoms with E-state index < -0.39 is 0 Å². The Labute approximate surface area is 121 Å². The number of nitrogens with zero attached hydrogens (tertiary/aromatic N) is 1. The topological polar surface area (TPSA) is 24.9 Å². The molecule has 2 nitrogen and oxygen atoms in total. The van der Waals surface area contributed by atoms with E-state index in [0.29, 0.717) is 0 Å². The molecule has 1 aromatic heterocycles. The maximum absolute atomic E-state index is 13.4. The summed E-state index contributed by atoms with van der Waals surface area (Å²) in [5, 5.41) is 3.42. The maximum atomic E-state index is 13.4. The van der Waals surface area contributed by atoms with Gasteiger partial charge < -0.3 is 5.32 Å². The van der Waals surface area contributed by atoms with Crippen molar-refractivity contribution in [3.8, 4) is 0 Å². The summed E-state index contributed by atoms with van der Waals surface area (Å²) in [6.45, 7) is 2.93. The summed E-state index contributed by atoms with van der Waals surface area (Å²) in [5.41, 5.74) is 2.13. The highest BCUT2D eigenvalue weighted by molar-refractivity contribution is 9.10. The Bertz CT molecular complexity index is 511. The lowest BCUT2D eigenvalue weighted by Crippen LogP contribution is -2.23. The molecule has 0 bridgehead atoms. The summed E-state index contributed by atoms with van der Waals surface area (Å²) < 4.78 is 14.2. The van der Waals surface area contributed by atoms with Crippen molar-refractivity contribution in [2.75, 3.05) is 6.54 Å². The number of nitrogens with one attached hydrogen (secondary N) is 1. The zero-order valence-electron chi connectivity index (χ0n) is 10.7. The van der Waals surface area contributed by atoms with Crippen LogP contribution in [0, 0.1) is 5.82 Å². The van der Waals surface area contributed by atoms with E-state index in [4.69, 9.17) is 0 Å². The Balaban J connectivity index is 2.21. The number of aromatic nitrogens is 1. The predicted molar refractivity (Wildman–Crippen MR) is 78.5 cm³/mol. The molecule has 0 aliphatic heterocycles. The van der Waals surface area contributed by atoms with E-state index in [1.165, 1.54) is 6.07 Å². The van der Waals surface area contributed by atoms with Gasteiger partial charge in [0.05, 0.1) is 0 Å². The van der Waals surface area contributed by atoms with Crippen molar-refractivity contribution in [2.24, 2.45) is 0 Å². The summed E-state index contributed by atoms with van der Waals surface area (Å²) in [7, 11) is 0. The lowest BCUT2D eigenvalue weighted by atomic mass is 9.99. The van der Waals surface area contributed by atoms with E-state index in [2.05, 4.69) is 33.2 Å². The molecule has 0 spiro atoms. The zero-order chi connectivity index (χ0) is 13.7. The molecule has 0 aliphatic carbocycles. The molecule has 0 fully saturated rings. The van der Waals surface area contributed by atoms with Gasteiger partial charge in [0.25, 0.3) is 0 Å². The first-order valence-corrected chi connectivity index (χ1v) is 7.06. The molecular formula is C15H16BrFN2. The number of hydrogen-bond acceptors (Lipinski definition) is 2. The van der Waals surface area contributed by atoms with E-state index in [9.17, 15) is 4.39 Å². The van der Waals surface area contributed by atoms with Crippen LogP contribution in [0.1, 0.15) is 24.1 Å². The van der Waals surface area contributed by atoms with Gasteiger partial charge in [-0.1, -0.05) is 22.9 Å². The van der Waals surface area contributed by atoms with Crippen molar-refractivity contribution >= 4 is 15.9 Å². The van der Waals surface area contributed by atoms with Crippen molar-refractivity contribution in [1.29, 1.82) is 0 Å². The second-order valence-corrected chi connectivity index (χ2v) is 5.29. The number of pyridine rings is 1. The van der Waals surface area contributed by atoms with E-state index in [1.807, 2.05) is 18.2 Å². The largest absolute Gasteiger partial charge is 0.310 e. The third kappa shape index (κ3) is 4.11. The van der Waals surface area contributed by atoms with E-state index in [-0.39, 0.29) is 11.9 Å². The van der Waals surface area contributed by atoms with Gasteiger partial charge >= 0.3 is 0 Å². The fourth-order valence-electron chi connectivity index (χ4n) is 2.11. The first kappa shape index (κ1) is 14.2. The smallest absolute Gasteiger partial charge is 0.124 e. The Hall–Kier alpha value is -1.26. The standard InChI is InChI=1S/C15H16BrFN2/c1-2-19-15(12-3-5-18-6-4-12)9-11-7-13(16)10-14(17)8-11/h3-8,10,15,19H,2,9H2,1H3. The van der Waals surface area contributed by atoms with Crippen molar-refractivity contribution in [3.05, 3.63) is 64.1 Å². The number of likely N-dealkylation sites (N-methyl/N-ethyl adjacent to an activating group) is 1. The summed E-state index contributed by atoms with van der Waals surface area (Å²) in [5.74, 6) is -0.214. The van der Waals surface area contributed by atoms with Crippen molar-refractivity contribution in [2.45, 2.75) is 19.4 Å². The van der Waals surface area contributed by atoms with Gasteiger partial charge in [0.15, 0.2) is 0 Å². The molecule has 1 atom stereocenters. The molecule has 0 saturated carbocycles. The molecular weight excluding hydrogens is 307 g/mol. The average Bonchev–Trinajstić information content (AvgIpc) is 2.38. The minimum atomic E-state index is -0.214. The Morgan fingerprint density at radius 2 is 2.00 bits per heavy atom. The summed E-state index contributed by atoms with van der Waals surface area (Å²) in [6.07, 6.45) is 4.30. The molecule has 2 rings (SSSR count). The normalized spacial score (nSPS) is 12.4. The fraction of sp³-hybridized carbons (Fsp3) is 0.267. The first-order chi connectivity index (χ1) is 9.19. The van der Waals surface area contributed by atoms with Gasteiger partial charge in [0.1, 0.15) is 5.82 Å². The highest BCUT2D eigenvalue weighted by Gasteiger charge is 2.11. The van der Waals surface area contributed by atoms with Gasteiger partial charge in [-0.25, -0.2) is 4.39 Å². The van der Waals surface area contributed by atoms with Crippen LogP contribution < -0.4 is 5.32 Å². The number of rotatable bonds is 5. The molecule has 19 heavy (non-hydrogen) atoms. The van der Waals surface area contributed by atoms with Crippen LogP contribution in [-0.4, -0.2) is 11.5 Å². The molecule has 2 aromatic rings. The first-order valence-electron chi connectivity index (χ1n) is 6.27. The van der Waals surface area contributed by atoms with Crippen molar-refractivity contribution in [1.82, 2.24) is 10.3 Å². The van der Waals surface area contributed by atoms with Crippen LogP contribution in [0.25, 0.3) is 0 Å². The minimum absolute atomic E-state index is 0.168. The van der Waals surface area contributed by atoms with Crippen LogP contribution in [0.4, 0.5) is 4.39 Å². The maximum Gasteiger partial charge on any atom is 0.124 e. The molecule has 1 unspecified atom stereocenters. The number of halogens is 2. The van der Waals surface area contributed by atoms with E-state index >= 15 is 0 Å². The molecule has 0 amide bonds. The molecule has 100 valence electrons. The average molecular weight is 323 g/mol. The van der Waals surface area contributed by atoms with Gasteiger partial charge in [-0.05, 0) is 54.4 Å². The zero-order valence-corrected chi connectivity index (χ0v) is 12.3. The van der Waals surface area contributed by atoms with Crippen LogP contribution in [0.5, 0.6) is 0 Å². The molecule has 0 aliphatic rings. The Morgan fingerprint density at radius 1 is 1.26 bits per heavy atom. The van der Waals surface area contributed by atoms with Crippen LogP contribution >= 0.6 is 15.9 Å². The summed E-state index contributed by atoms with van der Waals surface area (Å²) >= 11 is 3.33. The van der Waals surface area contributed by atoms with Gasteiger partial charge in [0.2, 0.25) is 0 Å². The van der Waals surface area contributed by atoms with Gasteiger partial charge in [-0.15, -0.1) is 0 Å². The molecule has 1 aromatic carbocycles. The third-order valence-electron chi connectivity index (χ3n) is 2.92. The van der Waals surface area contributed by atoms with Gasteiger partial charge in [-0.2, -0.15) is 0 Å². The fourth-order valence-corrected chi connectivity index (χ4v) is 2.63. The van der Waals surface area contributed by atoms with E-state index in [0.717, 1.165) is 28.6 Å². The molecule has 1 heterocycles. The van der Waals surface area contributed by atoms with Crippen LogP contribution in [-0.2, 0) is 6.42 Å². The highest BCUT2D eigenvalue weighted by Crippen LogP contribution is 2.21. The second kappa shape index (κ2) is 6.78. The monoisotopic (exact) mass is 322 g/mol. The number of benzene rings is 1. The Kier molecular flexibility index (Phi) is 5.05. The summed E-state index contributed by atoms with van der Waals surface area (Å²) in [6, 6.07) is 9.15. The third-order valence-corrected chi connectivity index (χ3v) is 3.38. The lowest BCUT2D eigenvalue weighted by Gasteiger charge is -2.18. The van der Waals surface area contributed by atoms with Crippen molar-refractivity contribution in [3.63, 3.8) is 0 Å². The van der Waals surface area contributed by atoms with Gasteiger partial charge in [0, 0.05) is 22.9 Å². The van der Waals surface area contributed by atoms with Crippen molar-refractivity contribution < 1.29 is 4.39 Å². The lowest BCUT2D eigenvalue weighted by molar-refractivity contribution is 0.546. The molecule has 0 saturated heterocycles. The molecule has 0 radical (unpaired) electrons. The number of hydrogen-bond donors (Lipinski definition) is 1. The SMILES string of the molecule is CCNC(Cc1cc(F)cc(Br)c1)c1ccncc1. The van der Waals surface area contributed by atoms with Crippen LogP contribution in [0.2, 0.25) is 0 Å². The van der Waals surface area contributed by atoms with Gasteiger partial charge in [-0.3, -0.25) is 4.98 Å². The highest BCUT2D eigenvalue weighted by atomic mass is 79.9. The Morgan fingerprint density at radius 3 is 2.63 bits per heavy atom.